The van der Waals surface area contributed by atoms with E-state index in [1.807, 2.05) is 194 Å². The molecule has 11 aromatic rings. The summed E-state index contributed by atoms with van der Waals surface area (Å²) in [5, 5.41) is 2.97. The maximum absolute atomic E-state index is 6.62. The second kappa shape index (κ2) is 19.6. The Labute approximate surface area is 431 Å². The van der Waals surface area contributed by atoms with Crippen molar-refractivity contribution in [3.05, 3.63) is 216 Å². The first-order valence-electron chi connectivity index (χ1n) is 23.6. The van der Waals surface area contributed by atoms with E-state index in [0.717, 1.165) is 44.2 Å². The van der Waals surface area contributed by atoms with Gasteiger partial charge in [0.1, 0.15) is 26.4 Å². The summed E-state index contributed by atoms with van der Waals surface area (Å²) >= 11 is 0. The number of aromatic nitrogens is 8. The predicted molar refractivity (Wildman–Crippen MR) is 277 cm³/mol. The minimum atomic E-state index is 0. The van der Waals surface area contributed by atoms with Gasteiger partial charge in [-0.2, -0.15) is 0 Å². The van der Waals surface area contributed by atoms with E-state index in [1.54, 1.807) is 0 Å². The molecule has 73 heavy (non-hydrogen) atoms. The molecule has 0 amide bonds. The Morgan fingerprint density at radius 1 is 0.274 bits per heavy atom. The van der Waals surface area contributed by atoms with Crippen LogP contribution in [-0.4, -0.2) is 29.9 Å². The van der Waals surface area contributed by atoms with Crippen LogP contribution >= 0.6 is 0 Å². The molecule has 0 N–H and O–H groups in total. The molecule has 3 aromatic heterocycles. The fourth-order valence-corrected chi connectivity index (χ4v) is 8.96. The zero-order valence-corrected chi connectivity index (χ0v) is 42.2. The van der Waals surface area contributed by atoms with Gasteiger partial charge in [0.2, 0.25) is 0 Å². The number of nitrogens with zero attached hydrogens (tertiary/aromatic N) is 8. The van der Waals surface area contributed by atoms with Gasteiger partial charge in [-0.15, -0.1) is 0 Å². The van der Waals surface area contributed by atoms with E-state index in [4.69, 9.17) is 58.8 Å². The molecule has 0 spiro atoms. The minimum absolute atomic E-state index is 0. The van der Waals surface area contributed by atoms with Crippen LogP contribution in [0.4, 0.5) is 0 Å². The first kappa shape index (κ1) is 45.1. The van der Waals surface area contributed by atoms with Gasteiger partial charge in [-0.25, -0.2) is 9.97 Å². The first-order valence-corrected chi connectivity index (χ1v) is 23.6. The standard InChI is InChI=1S/C60H40N8O4.Zn/c1-5-17-37(18-6-1)33-69-49-29-45-47(31-51(49)71-35-39-21-9-3-10-22-39)59-66-57(45)64-55-43-27-15-13-25-41(43)53(62-55)61-54-42-26-14-16-28-44(42)56(63-54)65-58-46-30-50(70-34-38-19-7-2-8-20-38)52(32-48(46)60(67-58)68-59)72-36-40-23-11-4-12-24-40;/h1-32H,33-36H2;/q-2;+2. The number of hydrogen-bond donors (Lipinski definition) is 0. The summed E-state index contributed by atoms with van der Waals surface area (Å²) in [5.41, 5.74) is 8.63. The molecule has 0 aliphatic carbocycles. The summed E-state index contributed by atoms with van der Waals surface area (Å²) in [6.45, 7) is 1.21. The van der Waals surface area contributed by atoms with Gasteiger partial charge in [-0.1, -0.05) is 170 Å². The van der Waals surface area contributed by atoms with Crippen molar-refractivity contribution < 1.29 is 38.4 Å². The molecule has 8 aromatic carbocycles. The van der Waals surface area contributed by atoms with Crippen LogP contribution in [0.25, 0.3) is 89.7 Å². The molecule has 12 nitrogen and oxygen atoms in total. The smallest absolute Gasteiger partial charge is 0.485 e. The molecule has 13 heteroatoms. The van der Waals surface area contributed by atoms with E-state index in [2.05, 4.69) is 0 Å². The van der Waals surface area contributed by atoms with Crippen LogP contribution in [-0.2, 0) is 45.9 Å². The maximum Gasteiger partial charge on any atom is 2.00 e. The van der Waals surface area contributed by atoms with E-state index < -0.39 is 0 Å². The van der Waals surface area contributed by atoms with E-state index >= 15 is 0 Å². The summed E-state index contributed by atoms with van der Waals surface area (Å²) in [6.07, 6.45) is 0. The summed E-state index contributed by atoms with van der Waals surface area (Å²) in [6, 6.07) is 63.6. The number of hydrogen-bond acceptors (Lipinski definition) is 10. The third-order valence-corrected chi connectivity index (χ3v) is 12.6. The number of ether oxygens (including phenoxy) is 4. The Bertz CT molecular complexity index is 4010. The molecule has 13 rings (SSSR count). The average molecular weight is 1000 g/mol. The van der Waals surface area contributed by atoms with Crippen LogP contribution in [0.5, 0.6) is 23.0 Å². The van der Waals surface area contributed by atoms with Crippen molar-refractivity contribution in [1.29, 1.82) is 0 Å². The Hall–Kier alpha value is -9.06. The minimum Gasteiger partial charge on any atom is -0.485 e. The fraction of sp³-hybridized carbons (Fsp3) is 0.0667. The predicted octanol–water partition coefficient (Wildman–Crippen LogP) is 12.4. The summed E-state index contributed by atoms with van der Waals surface area (Å²) < 4.78 is 26.4. The number of rotatable bonds is 12. The van der Waals surface area contributed by atoms with Crippen molar-refractivity contribution in [2.24, 2.45) is 0 Å². The van der Waals surface area contributed by atoms with Crippen LogP contribution in [0.3, 0.4) is 0 Å². The number of fused-ring (bicyclic) bond motifs is 20. The van der Waals surface area contributed by atoms with Crippen LogP contribution in [0.15, 0.2) is 194 Å². The molecule has 2 aliphatic rings. The van der Waals surface area contributed by atoms with Gasteiger partial charge in [-0.05, 0) is 68.1 Å². The van der Waals surface area contributed by atoms with Gasteiger partial charge in [-0.3, -0.25) is 0 Å². The number of benzene rings is 8. The molecule has 0 fully saturated rings. The summed E-state index contributed by atoms with van der Waals surface area (Å²) in [5.74, 6) is 3.72. The Kier molecular flexibility index (Phi) is 12.1. The average Bonchev–Trinajstić information content (AvgIpc) is 4.17. The van der Waals surface area contributed by atoms with E-state index in [9.17, 15) is 0 Å². The molecular formula is C60H40N8O4Zn. The molecule has 0 radical (unpaired) electrons. The molecule has 5 heterocycles. The van der Waals surface area contributed by atoms with Crippen molar-refractivity contribution in [2.45, 2.75) is 26.4 Å². The van der Waals surface area contributed by atoms with Crippen LogP contribution in [0, 0.1) is 0 Å². The maximum atomic E-state index is 6.62. The SMILES string of the molecule is [Zn+2].c1ccc(COc2cc3c(cc2OCc2ccccc2)-c2nc-3nc3[n-]c(nc4nc(nc5[n-]c(n2)c2cc(OCc6ccccc6)c(OCc6ccccc6)cc52)-c2ccccc2-4)c2ccccc32)cc1. The van der Waals surface area contributed by atoms with Crippen LogP contribution in [0.2, 0.25) is 0 Å². The van der Waals surface area contributed by atoms with E-state index in [1.165, 1.54) is 0 Å². The molecule has 0 saturated heterocycles. The van der Waals surface area contributed by atoms with Gasteiger partial charge < -0.3 is 48.9 Å². The zero-order chi connectivity index (χ0) is 47.8. The Balaban J connectivity index is 0.00000543. The zero-order valence-electron chi connectivity index (χ0n) is 39.2. The van der Waals surface area contributed by atoms with Crippen LogP contribution in [0.1, 0.15) is 22.3 Å². The van der Waals surface area contributed by atoms with Gasteiger partial charge in [0.15, 0.2) is 23.0 Å². The third kappa shape index (κ3) is 9.03. The van der Waals surface area contributed by atoms with Crippen molar-refractivity contribution in [2.75, 3.05) is 0 Å². The topological polar surface area (TPSA) is 142 Å². The molecule has 0 atom stereocenters. The largest absolute Gasteiger partial charge is 2.00 e. The molecule has 8 bridgehead atoms. The van der Waals surface area contributed by atoms with Gasteiger partial charge in [0, 0.05) is 44.8 Å². The fourth-order valence-electron chi connectivity index (χ4n) is 8.96. The molecule has 346 valence electrons. The van der Waals surface area contributed by atoms with Gasteiger partial charge in [0.25, 0.3) is 0 Å². The second-order valence-corrected chi connectivity index (χ2v) is 17.4. The first-order chi connectivity index (χ1) is 35.6. The second-order valence-electron chi connectivity index (χ2n) is 17.4. The summed E-state index contributed by atoms with van der Waals surface area (Å²) in [4.78, 5) is 41.4. The van der Waals surface area contributed by atoms with Crippen molar-refractivity contribution in [1.82, 2.24) is 39.9 Å². The van der Waals surface area contributed by atoms with E-state index in [-0.39, 0.29) is 19.5 Å². The molecule has 2 aliphatic heterocycles. The van der Waals surface area contributed by atoms with Crippen LogP contribution < -0.4 is 28.9 Å². The van der Waals surface area contributed by atoms with E-state index in [0.29, 0.717) is 117 Å². The monoisotopic (exact) mass is 1000 g/mol. The normalized spacial score (nSPS) is 11.4. The molecule has 0 unspecified atom stereocenters. The molecule has 0 saturated carbocycles. The van der Waals surface area contributed by atoms with Gasteiger partial charge >= 0.3 is 19.5 Å². The van der Waals surface area contributed by atoms with Crippen molar-refractivity contribution in [3.8, 4) is 68.5 Å². The Morgan fingerprint density at radius 2 is 0.548 bits per heavy atom. The molecular weight excluding hydrogens is 962 g/mol. The summed E-state index contributed by atoms with van der Waals surface area (Å²) in [7, 11) is 0. The third-order valence-electron chi connectivity index (χ3n) is 12.6. The van der Waals surface area contributed by atoms with Crippen molar-refractivity contribution >= 4 is 44.1 Å². The Morgan fingerprint density at radius 3 is 0.890 bits per heavy atom. The quantitative estimate of drug-likeness (QED) is 0.108. The van der Waals surface area contributed by atoms with Crippen molar-refractivity contribution in [3.63, 3.8) is 0 Å². The van der Waals surface area contributed by atoms with Gasteiger partial charge in [0.05, 0.1) is 23.3 Å².